The molecule has 1 aliphatic heterocycles. The van der Waals surface area contributed by atoms with Gasteiger partial charge in [-0.3, -0.25) is 18.5 Å². The van der Waals surface area contributed by atoms with Crippen LogP contribution in [0.5, 0.6) is 6.01 Å². The number of likely N-dealkylation sites (tertiary alicyclic amines) is 1. The number of aromatic nitrogens is 4. The molecule has 1 aliphatic rings. The van der Waals surface area contributed by atoms with Crippen molar-refractivity contribution in [1.82, 2.24) is 23.6 Å². The van der Waals surface area contributed by atoms with Crippen LogP contribution in [0.25, 0.3) is 11.2 Å². The third-order valence-corrected chi connectivity index (χ3v) is 5.99. The number of imidazole rings is 1. The first-order chi connectivity index (χ1) is 14.8. The molecule has 0 saturated carbocycles. The lowest BCUT2D eigenvalue weighted by Gasteiger charge is -2.33. The minimum absolute atomic E-state index is 0.00967. The van der Waals surface area contributed by atoms with Gasteiger partial charge in [0.1, 0.15) is 6.10 Å². The summed E-state index contributed by atoms with van der Waals surface area (Å²) < 4.78 is 10.6. The van der Waals surface area contributed by atoms with Gasteiger partial charge in [-0.05, 0) is 19.4 Å². The molecule has 0 bridgehead atoms. The van der Waals surface area contributed by atoms with Crippen LogP contribution in [0.15, 0.2) is 46.1 Å². The average Bonchev–Trinajstić information content (AvgIpc) is 3.09. The Bertz CT molecular complexity index is 1260. The first kappa shape index (κ1) is 21.0. The van der Waals surface area contributed by atoms with Crippen molar-refractivity contribution in [3.8, 4) is 6.01 Å². The Labute approximate surface area is 181 Å². The number of rotatable bonds is 5. The van der Waals surface area contributed by atoms with Crippen LogP contribution in [0.3, 0.4) is 0 Å². The summed E-state index contributed by atoms with van der Waals surface area (Å²) in [7, 11) is 3.12. The molecule has 0 radical (unpaired) electrons. The van der Waals surface area contributed by atoms with E-state index in [0.717, 1.165) is 47.3 Å². The van der Waals surface area contributed by atoms with Gasteiger partial charge in [0.05, 0.1) is 6.54 Å². The fourth-order valence-corrected chi connectivity index (χ4v) is 4.16. The topological polar surface area (TPSA) is 74.3 Å². The predicted molar refractivity (Wildman–Crippen MR) is 121 cm³/mol. The third kappa shape index (κ3) is 3.89. The Balaban J connectivity index is 1.78. The summed E-state index contributed by atoms with van der Waals surface area (Å²) in [5.41, 5.74) is 3.18. The second-order valence-electron chi connectivity index (χ2n) is 8.39. The van der Waals surface area contributed by atoms with Crippen molar-refractivity contribution in [2.24, 2.45) is 14.1 Å². The highest BCUT2D eigenvalue weighted by molar-refractivity contribution is 5.72. The number of hydrogen-bond donors (Lipinski definition) is 0. The number of nitrogens with zero attached hydrogens (tertiary/aromatic N) is 5. The number of benzene rings is 1. The molecule has 1 aromatic carbocycles. The van der Waals surface area contributed by atoms with E-state index in [9.17, 15) is 9.59 Å². The van der Waals surface area contributed by atoms with Crippen LogP contribution in [-0.4, -0.2) is 42.8 Å². The van der Waals surface area contributed by atoms with E-state index < -0.39 is 5.69 Å². The molecule has 164 valence electrons. The molecule has 0 N–H and O–H groups in total. The maximum absolute atomic E-state index is 13.0. The molecule has 3 aromatic rings. The summed E-state index contributed by atoms with van der Waals surface area (Å²) in [5.74, 6) is 0. The zero-order chi connectivity index (χ0) is 22.3. The zero-order valence-corrected chi connectivity index (χ0v) is 18.6. The second-order valence-corrected chi connectivity index (χ2v) is 8.39. The Hall–Kier alpha value is -3.29. The van der Waals surface area contributed by atoms with E-state index in [1.165, 1.54) is 11.6 Å². The fraction of sp³-hybridized carbons (Fsp3) is 0.435. The molecule has 31 heavy (non-hydrogen) atoms. The van der Waals surface area contributed by atoms with E-state index in [1.807, 2.05) is 32.0 Å². The largest absolute Gasteiger partial charge is 0.461 e. The van der Waals surface area contributed by atoms with E-state index >= 15 is 0 Å². The number of hydrogen-bond acceptors (Lipinski definition) is 5. The van der Waals surface area contributed by atoms with Gasteiger partial charge in [0.2, 0.25) is 0 Å². The Kier molecular flexibility index (Phi) is 5.47. The third-order valence-electron chi connectivity index (χ3n) is 5.99. The molecule has 8 nitrogen and oxygen atoms in total. The molecule has 0 amide bonds. The Morgan fingerprint density at radius 2 is 1.90 bits per heavy atom. The Morgan fingerprint density at radius 3 is 2.55 bits per heavy atom. The van der Waals surface area contributed by atoms with Crippen LogP contribution < -0.4 is 16.0 Å². The van der Waals surface area contributed by atoms with Gasteiger partial charge >= 0.3 is 5.69 Å². The van der Waals surface area contributed by atoms with Crippen molar-refractivity contribution in [3.05, 3.63) is 68.5 Å². The van der Waals surface area contributed by atoms with Gasteiger partial charge in [-0.2, -0.15) is 4.98 Å². The van der Waals surface area contributed by atoms with Gasteiger partial charge in [0.15, 0.2) is 11.2 Å². The van der Waals surface area contributed by atoms with E-state index in [0.29, 0.717) is 23.7 Å². The van der Waals surface area contributed by atoms with Crippen molar-refractivity contribution in [2.75, 3.05) is 13.1 Å². The van der Waals surface area contributed by atoms with Crippen molar-refractivity contribution < 1.29 is 4.74 Å². The van der Waals surface area contributed by atoms with Gasteiger partial charge in [0.25, 0.3) is 11.6 Å². The van der Waals surface area contributed by atoms with E-state index in [2.05, 4.69) is 22.5 Å². The van der Waals surface area contributed by atoms with Crippen molar-refractivity contribution in [1.29, 1.82) is 0 Å². The zero-order valence-electron chi connectivity index (χ0n) is 18.6. The maximum atomic E-state index is 13.0. The van der Waals surface area contributed by atoms with Gasteiger partial charge < -0.3 is 9.64 Å². The molecule has 0 unspecified atom stereocenters. The summed E-state index contributed by atoms with van der Waals surface area (Å²) in [6.07, 6.45) is 1.68. The SMILES string of the molecule is C=C(C)N1CCC(Oc2nc3c(c(=O)n(C)c(=O)n3C)n2Cc2cccc(C)c2)CC1. The highest BCUT2D eigenvalue weighted by atomic mass is 16.5. The number of allylic oxidation sites excluding steroid dienone is 1. The van der Waals surface area contributed by atoms with E-state index in [-0.39, 0.29) is 11.7 Å². The normalized spacial score (nSPS) is 14.9. The van der Waals surface area contributed by atoms with Crippen LogP contribution in [0.4, 0.5) is 0 Å². The summed E-state index contributed by atoms with van der Waals surface area (Å²) in [6, 6.07) is 8.49. The summed E-state index contributed by atoms with van der Waals surface area (Å²) >= 11 is 0. The van der Waals surface area contributed by atoms with Crippen LogP contribution in [0, 0.1) is 6.92 Å². The van der Waals surface area contributed by atoms with E-state index in [1.54, 1.807) is 11.6 Å². The predicted octanol–water partition coefficient (Wildman–Crippen LogP) is 2.17. The molecule has 1 fully saturated rings. The van der Waals surface area contributed by atoms with Gasteiger partial charge in [-0.25, -0.2) is 4.79 Å². The van der Waals surface area contributed by atoms with Crippen LogP contribution in [0.2, 0.25) is 0 Å². The van der Waals surface area contributed by atoms with Crippen molar-refractivity contribution in [3.63, 3.8) is 0 Å². The molecular weight excluding hydrogens is 394 g/mol. The van der Waals surface area contributed by atoms with Gasteiger partial charge in [0, 0.05) is 45.7 Å². The Morgan fingerprint density at radius 1 is 1.19 bits per heavy atom. The molecule has 8 heteroatoms. The number of aryl methyl sites for hydroxylation is 2. The molecule has 2 aromatic heterocycles. The number of ether oxygens (including phenoxy) is 1. The van der Waals surface area contributed by atoms with E-state index in [4.69, 9.17) is 4.74 Å². The average molecular weight is 424 g/mol. The number of fused-ring (bicyclic) bond motifs is 1. The summed E-state index contributed by atoms with van der Waals surface area (Å²) in [4.78, 5) is 32.3. The molecule has 0 atom stereocenters. The quantitative estimate of drug-likeness (QED) is 0.629. The standard InChI is InChI=1S/C23H29N5O3/c1-15(2)27-11-9-18(10-12-27)31-22-24-20-19(21(29)26(5)23(30)25(20)4)28(22)14-17-8-6-7-16(3)13-17/h6-8,13,18H,1,9-12,14H2,2-5H3. The summed E-state index contributed by atoms with van der Waals surface area (Å²) in [5, 5.41) is 0. The lowest BCUT2D eigenvalue weighted by atomic mass is 10.1. The monoisotopic (exact) mass is 423 g/mol. The van der Waals surface area contributed by atoms with Gasteiger partial charge in [-0.15, -0.1) is 0 Å². The molecule has 0 aliphatic carbocycles. The summed E-state index contributed by atoms with van der Waals surface area (Å²) in [6.45, 7) is 10.2. The minimum atomic E-state index is -0.404. The minimum Gasteiger partial charge on any atom is -0.461 e. The molecule has 4 rings (SSSR count). The number of piperidine rings is 1. The smallest absolute Gasteiger partial charge is 0.332 e. The maximum Gasteiger partial charge on any atom is 0.332 e. The lowest BCUT2D eigenvalue weighted by molar-refractivity contribution is 0.105. The van der Waals surface area contributed by atoms with Crippen molar-refractivity contribution >= 4 is 11.2 Å². The lowest BCUT2D eigenvalue weighted by Crippen LogP contribution is -2.38. The molecule has 3 heterocycles. The van der Waals surface area contributed by atoms with Crippen LogP contribution in [-0.2, 0) is 20.6 Å². The van der Waals surface area contributed by atoms with Crippen molar-refractivity contribution in [2.45, 2.75) is 39.3 Å². The molecule has 0 spiro atoms. The highest BCUT2D eigenvalue weighted by Gasteiger charge is 2.25. The van der Waals surface area contributed by atoms with Gasteiger partial charge in [-0.1, -0.05) is 36.4 Å². The molecular formula is C23H29N5O3. The fourth-order valence-electron chi connectivity index (χ4n) is 4.16. The first-order valence-corrected chi connectivity index (χ1v) is 10.5. The molecule has 1 saturated heterocycles. The van der Waals surface area contributed by atoms with Crippen LogP contribution >= 0.6 is 0 Å². The second kappa shape index (κ2) is 8.09. The first-order valence-electron chi connectivity index (χ1n) is 10.5. The van der Waals surface area contributed by atoms with Crippen LogP contribution in [0.1, 0.15) is 30.9 Å². The highest BCUT2D eigenvalue weighted by Crippen LogP contribution is 2.24.